The van der Waals surface area contributed by atoms with E-state index in [-0.39, 0.29) is 5.91 Å². The van der Waals surface area contributed by atoms with Crippen molar-refractivity contribution in [1.29, 1.82) is 0 Å². The molecule has 1 saturated heterocycles. The van der Waals surface area contributed by atoms with E-state index in [0.29, 0.717) is 11.7 Å². The molecule has 0 unspecified atom stereocenters. The van der Waals surface area contributed by atoms with Crippen LogP contribution in [0.1, 0.15) is 45.1 Å². The molecule has 6 nitrogen and oxygen atoms in total. The van der Waals surface area contributed by atoms with Crippen LogP contribution in [0.3, 0.4) is 0 Å². The minimum Gasteiger partial charge on any atom is -0.348 e. The zero-order valence-electron chi connectivity index (χ0n) is 17.6. The number of hydrogen-bond acceptors (Lipinski definition) is 7. The molecule has 1 aromatic carbocycles. The second kappa shape index (κ2) is 9.31. The standard InChI is InChI=1S/C22H27N5OS2/c1-14(2)16-4-6-17(7-5-16)25-18(28)12-29-21-19-20(23-13-24-21)26-22(30-19)27-10-8-15(3)9-11-27/h4-7,13-15H,8-12H2,1-3H3,(H,25,28). The quantitative estimate of drug-likeness (QED) is 0.420. The summed E-state index contributed by atoms with van der Waals surface area (Å²) in [5, 5.41) is 4.79. The van der Waals surface area contributed by atoms with Gasteiger partial charge in [0.05, 0.1) is 5.75 Å². The number of amides is 1. The summed E-state index contributed by atoms with van der Waals surface area (Å²) in [5.41, 5.74) is 2.79. The maximum atomic E-state index is 12.4. The summed E-state index contributed by atoms with van der Waals surface area (Å²) in [6, 6.07) is 8.02. The number of hydrogen-bond donors (Lipinski definition) is 1. The number of rotatable bonds is 6. The highest BCUT2D eigenvalue weighted by atomic mass is 32.2. The van der Waals surface area contributed by atoms with Crippen LogP contribution in [0, 0.1) is 5.92 Å². The normalized spacial score (nSPS) is 15.1. The smallest absolute Gasteiger partial charge is 0.234 e. The van der Waals surface area contributed by atoms with Crippen molar-refractivity contribution in [1.82, 2.24) is 15.0 Å². The number of fused-ring (bicyclic) bond motifs is 1. The van der Waals surface area contributed by atoms with Crippen LogP contribution in [0.15, 0.2) is 35.6 Å². The number of thioether (sulfide) groups is 1. The Bertz CT molecular complexity index is 1010. The van der Waals surface area contributed by atoms with Crippen molar-refractivity contribution in [2.24, 2.45) is 5.92 Å². The van der Waals surface area contributed by atoms with E-state index in [1.54, 1.807) is 11.3 Å². The average Bonchev–Trinajstić information content (AvgIpc) is 3.18. The highest BCUT2D eigenvalue weighted by Crippen LogP contribution is 2.35. The Kier molecular flexibility index (Phi) is 6.53. The predicted octanol–water partition coefficient (Wildman–Crippen LogP) is 5.18. The zero-order valence-corrected chi connectivity index (χ0v) is 19.2. The van der Waals surface area contributed by atoms with Gasteiger partial charge >= 0.3 is 0 Å². The summed E-state index contributed by atoms with van der Waals surface area (Å²) >= 11 is 3.06. The first-order chi connectivity index (χ1) is 14.5. The van der Waals surface area contributed by atoms with Gasteiger partial charge in [-0.3, -0.25) is 4.79 Å². The van der Waals surface area contributed by atoms with Crippen molar-refractivity contribution in [3.8, 4) is 0 Å². The number of anilines is 2. The molecule has 1 fully saturated rings. The molecule has 3 aromatic rings. The number of piperidine rings is 1. The fourth-order valence-electron chi connectivity index (χ4n) is 3.44. The van der Waals surface area contributed by atoms with Crippen LogP contribution < -0.4 is 10.2 Å². The van der Waals surface area contributed by atoms with Crippen molar-refractivity contribution >= 4 is 50.2 Å². The molecule has 0 bridgehead atoms. The Hall–Kier alpha value is -2.19. The molecule has 4 rings (SSSR count). The van der Waals surface area contributed by atoms with Crippen molar-refractivity contribution in [3.05, 3.63) is 36.2 Å². The molecular formula is C22H27N5OS2. The number of benzene rings is 1. The van der Waals surface area contributed by atoms with E-state index in [2.05, 4.69) is 53.1 Å². The Labute approximate surface area is 185 Å². The SMILES string of the molecule is CC1CCN(c2nc3ncnc(SCC(=O)Nc4ccc(C(C)C)cc4)c3s2)CC1. The lowest BCUT2D eigenvalue weighted by atomic mass is 10.00. The number of thiazole rings is 1. The largest absolute Gasteiger partial charge is 0.348 e. The van der Waals surface area contributed by atoms with Crippen molar-refractivity contribution in [2.45, 2.75) is 44.6 Å². The first-order valence-corrected chi connectivity index (χ1v) is 12.2. The second-order valence-corrected chi connectivity index (χ2v) is 10.1. The third kappa shape index (κ3) is 4.92. The lowest BCUT2D eigenvalue weighted by Crippen LogP contribution is -2.32. The summed E-state index contributed by atoms with van der Waals surface area (Å²) in [7, 11) is 0. The van der Waals surface area contributed by atoms with Crippen LogP contribution in [0.2, 0.25) is 0 Å². The fourth-order valence-corrected chi connectivity index (χ4v) is 5.38. The minimum absolute atomic E-state index is 0.0428. The number of carbonyl (C=O) groups excluding carboxylic acids is 1. The van der Waals surface area contributed by atoms with Crippen molar-refractivity contribution in [2.75, 3.05) is 29.1 Å². The van der Waals surface area contributed by atoms with Crippen LogP contribution in [-0.2, 0) is 4.79 Å². The second-order valence-electron chi connectivity index (χ2n) is 8.11. The van der Waals surface area contributed by atoms with Gasteiger partial charge in [-0.2, -0.15) is 4.98 Å². The molecule has 8 heteroatoms. The van der Waals surface area contributed by atoms with Gasteiger partial charge < -0.3 is 10.2 Å². The monoisotopic (exact) mass is 441 g/mol. The molecule has 0 aliphatic carbocycles. The van der Waals surface area contributed by atoms with E-state index in [9.17, 15) is 4.79 Å². The maximum absolute atomic E-state index is 12.4. The molecule has 2 aromatic heterocycles. The number of aromatic nitrogens is 3. The number of carbonyl (C=O) groups is 1. The van der Waals surface area contributed by atoms with Gasteiger partial charge in [-0.25, -0.2) is 9.97 Å². The first-order valence-electron chi connectivity index (χ1n) is 10.4. The van der Waals surface area contributed by atoms with Gasteiger partial charge in [-0.05, 0) is 42.4 Å². The third-order valence-electron chi connectivity index (χ3n) is 5.40. The molecule has 0 spiro atoms. The van der Waals surface area contributed by atoms with Gasteiger partial charge in [0.15, 0.2) is 10.8 Å². The van der Waals surface area contributed by atoms with E-state index in [0.717, 1.165) is 45.2 Å². The predicted molar refractivity (Wildman–Crippen MR) is 126 cm³/mol. The molecule has 0 saturated carbocycles. The minimum atomic E-state index is -0.0428. The Morgan fingerprint density at radius 2 is 1.97 bits per heavy atom. The molecule has 0 atom stereocenters. The van der Waals surface area contributed by atoms with Gasteiger partial charge in [0.25, 0.3) is 0 Å². The van der Waals surface area contributed by atoms with Crippen molar-refractivity contribution < 1.29 is 4.79 Å². The number of nitrogens with zero attached hydrogens (tertiary/aromatic N) is 4. The summed E-state index contributed by atoms with van der Waals surface area (Å²) in [4.78, 5) is 28.2. The first kappa shape index (κ1) is 21.1. The lowest BCUT2D eigenvalue weighted by molar-refractivity contribution is -0.113. The topological polar surface area (TPSA) is 71.0 Å². The highest BCUT2D eigenvalue weighted by Gasteiger charge is 2.20. The van der Waals surface area contributed by atoms with Crippen molar-refractivity contribution in [3.63, 3.8) is 0 Å². The lowest BCUT2D eigenvalue weighted by Gasteiger charge is -2.29. The van der Waals surface area contributed by atoms with Gasteiger partial charge in [0.1, 0.15) is 16.1 Å². The highest BCUT2D eigenvalue weighted by molar-refractivity contribution is 8.00. The van der Waals surface area contributed by atoms with Crippen LogP contribution in [0.25, 0.3) is 10.3 Å². The van der Waals surface area contributed by atoms with Gasteiger partial charge in [-0.15, -0.1) is 0 Å². The summed E-state index contributed by atoms with van der Waals surface area (Å²) in [5.74, 6) is 1.51. The third-order valence-corrected chi connectivity index (χ3v) is 7.63. The summed E-state index contributed by atoms with van der Waals surface area (Å²) in [6.07, 6.45) is 3.93. The Morgan fingerprint density at radius 1 is 1.23 bits per heavy atom. The molecule has 1 aliphatic heterocycles. The number of nitrogens with one attached hydrogen (secondary N) is 1. The molecule has 0 radical (unpaired) electrons. The molecule has 3 heterocycles. The van der Waals surface area contributed by atoms with E-state index >= 15 is 0 Å². The zero-order chi connectivity index (χ0) is 21.1. The molecule has 1 N–H and O–H groups in total. The van der Waals surface area contributed by atoms with E-state index in [1.807, 2.05) is 12.1 Å². The van der Waals surface area contributed by atoms with Crippen LogP contribution in [0.5, 0.6) is 0 Å². The van der Waals surface area contributed by atoms with E-state index in [1.165, 1.54) is 36.5 Å². The van der Waals surface area contributed by atoms with Crippen LogP contribution >= 0.6 is 23.1 Å². The Morgan fingerprint density at radius 3 is 2.67 bits per heavy atom. The molecular weight excluding hydrogens is 414 g/mol. The van der Waals surface area contributed by atoms with E-state index < -0.39 is 0 Å². The average molecular weight is 442 g/mol. The Balaban J connectivity index is 1.40. The van der Waals surface area contributed by atoms with Gasteiger partial charge in [-0.1, -0.05) is 56.0 Å². The van der Waals surface area contributed by atoms with E-state index in [4.69, 9.17) is 4.98 Å². The van der Waals surface area contributed by atoms with Crippen LogP contribution in [-0.4, -0.2) is 39.7 Å². The van der Waals surface area contributed by atoms with Gasteiger partial charge in [0.2, 0.25) is 5.91 Å². The fraction of sp³-hybridized carbons (Fsp3) is 0.455. The molecule has 158 valence electrons. The summed E-state index contributed by atoms with van der Waals surface area (Å²) in [6.45, 7) is 8.69. The molecule has 1 aliphatic rings. The summed E-state index contributed by atoms with van der Waals surface area (Å²) < 4.78 is 0.963. The van der Waals surface area contributed by atoms with Gasteiger partial charge in [0, 0.05) is 18.8 Å². The van der Waals surface area contributed by atoms with Crippen LogP contribution in [0.4, 0.5) is 10.8 Å². The molecule has 1 amide bonds. The maximum Gasteiger partial charge on any atom is 0.234 e. The molecule has 30 heavy (non-hydrogen) atoms.